The molecule has 2 saturated heterocycles. The molecule has 0 unspecified atom stereocenters. The number of rotatable bonds is 4. The van der Waals surface area contributed by atoms with Crippen LogP contribution in [0.15, 0.2) is 35.2 Å². The molecule has 136 valence electrons. The Labute approximate surface area is 154 Å². The normalized spacial score (nSPS) is 22.2. The van der Waals surface area contributed by atoms with Gasteiger partial charge in [-0.1, -0.05) is 30.3 Å². The molecular weight excluding hydrogens is 356 g/mol. The van der Waals surface area contributed by atoms with Crippen molar-refractivity contribution in [2.24, 2.45) is 0 Å². The van der Waals surface area contributed by atoms with Gasteiger partial charge in [-0.2, -0.15) is 0 Å². The average molecular weight is 374 g/mol. The van der Waals surface area contributed by atoms with Crippen LogP contribution in [0.4, 0.5) is 4.79 Å². The SMILES string of the molecule is O=C(O)[C@H]1CCCCN1C(=O)CN1C(=O)S/C(=C\c2ccccc2)C1=O. The summed E-state index contributed by atoms with van der Waals surface area (Å²) in [6.45, 7) is -0.105. The van der Waals surface area contributed by atoms with Crippen molar-refractivity contribution in [1.29, 1.82) is 0 Å². The number of carboxylic acids is 1. The van der Waals surface area contributed by atoms with E-state index >= 15 is 0 Å². The Hall–Kier alpha value is -2.61. The molecule has 0 radical (unpaired) electrons. The Morgan fingerprint density at radius 2 is 1.92 bits per heavy atom. The highest BCUT2D eigenvalue weighted by molar-refractivity contribution is 8.18. The van der Waals surface area contributed by atoms with Crippen molar-refractivity contribution in [2.75, 3.05) is 13.1 Å². The zero-order chi connectivity index (χ0) is 18.7. The number of carboxylic acid groups (broad SMARTS) is 1. The molecule has 1 aromatic carbocycles. The molecule has 1 atom stereocenters. The van der Waals surface area contributed by atoms with Gasteiger partial charge in [-0.3, -0.25) is 19.3 Å². The van der Waals surface area contributed by atoms with Crippen LogP contribution in [0.3, 0.4) is 0 Å². The van der Waals surface area contributed by atoms with E-state index < -0.39 is 35.6 Å². The van der Waals surface area contributed by atoms with Gasteiger partial charge >= 0.3 is 5.97 Å². The molecular formula is C18H18N2O5S. The molecule has 0 aliphatic carbocycles. The fraction of sp³-hybridized carbons (Fsp3) is 0.333. The Balaban J connectivity index is 1.72. The van der Waals surface area contributed by atoms with E-state index in [-0.39, 0.29) is 4.91 Å². The average Bonchev–Trinajstić information content (AvgIpc) is 2.90. The minimum Gasteiger partial charge on any atom is -0.480 e. The first-order chi connectivity index (χ1) is 12.5. The second kappa shape index (κ2) is 7.74. The van der Waals surface area contributed by atoms with E-state index in [9.17, 15) is 24.3 Å². The number of thioether (sulfide) groups is 1. The lowest BCUT2D eigenvalue weighted by Gasteiger charge is -2.33. The molecule has 0 aromatic heterocycles. The highest BCUT2D eigenvalue weighted by atomic mass is 32.2. The van der Waals surface area contributed by atoms with Crippen molar-refractivity contribution >= 4 is 40.9 Å². The zero-order valence-corrected chi connectivity index (χ0v) is 14.8. The third-order valence-electron chi connectivity index (χ3n) is 4.37. The maximum Gasteiger partial charge on any atom is 0.326 e. The van der Waals surface area contributed by atoms with E-state index in [0.717, 1.165) is 28.6 Å². The molecule has 26 heavy (non-hydrogen) atoms. The second-order valence-corrected chi connectivity index (χ2v) is 7.11. The number of hydrogen-bond donors (Lipinski definition) is 1. The fourth-order valence-electron chi connectivity index (χ4n) is 3.05. The molecule has 3 rings (SSSR count). The molecule has 3 amide bonds. The van der Waals surface area contributed by atoms with Gasteiger partial charge in [0, 0.05) is 6.54 Å². The summed E-state index contributed by atoms with van der Waals surface area (Å²) in [4.78, 5) is 50.9. The fourth-order valence-corrected chi connectivity index (χ4v) is 3.89. The third kappa shape index (κ3) is 3.80. The lowest BCUT2D eigenvalue weighted by Crippen LogP contribution is -2.51. The Bertz CT molecular complexity index is 777. The van der Waals surface area contributed by atoms with Crippen LogP contribution >= 0.6 is 11.8 Å². The molecule has 1 N–H and O–H groups in total. The quantitative estimate of drug-likeness (QED) is 0.812. The van der Waals surface area contributed by atoms with E-state index in [4.69, 9.17) is 0 Å². The van der Waals surface area contributed by atoms with Gasteiger partial charge < -0.3 is 10.0 Å². The molecule has 2 heterocycles. The van der Waals surface area contributed by atoms with Gasteiger partial charge in [0.1, 0.15) is 12.6 Å². The number of carbonyl (C=O) groups is 4. The lowest BCUT2D eigenvalue weighted by atomic mass is 10.0. The standard InChI is InChI=1S/C18H18N2O5S/c21-15(19-9-5-4-8-13(19)17(23)24)11-20-16(22)14(26-18(20)25)10-12-6-2-1-3-7-12/h1-3,6-7,10,13H,4-5,8-9,11H2,(H,23,24)/b14-10-/t13-/m1/s1. The molecule has 8 heteroatoms. The van der Waals surface area contributed by atoms with Crippen molar-refractivity contribution in [3.63, 3.8) is 0 Å². The maximum atomic E-state index is 12.5. The Morgan fingerprint density at radius 3 is 2.62 bits per heavy atom. The summed E-state index contributed by atoms with van der Waals surface area (Å²) in [6, 6.07) is 8.22. The number of nitrogens with zero attached hydrogens (tertiary/aromatic N) is 2. The van der Waals surface area contributed by atoms with E-state index in [1.807, 2.05) is 30.3 Å². The van der Waals surface area contributed by atoms with Gasteiger partial charge in [0.15, 0.2) is 0 Å². The number of amides is 3. The minimum atomic E-state index is -1.06. The summed E-state index contributed by atoms with van der Waals surface area (Å²) in [5.41, 5.74) is 0.784. The predicted molar refractivity (Wildman–Crippen MR) is 96.1 cm³/mol. The number of likely N-dealkylation sites (tertiary alicyclic amines) is 1. The summed E-state index contributed by atoms with van der Waals surface area (Å²) in [5, 5.41) is 8.75. The molecule has 2 aliphatic heterocycles. The van der Waals surface area contributed by atoms with Crippen molar-refractivity contribution in [3.8, 4) is 0 Å². The maximum absolute atomic E-state index is 12.5. The lowest BCUT2D eigenvalue weighted by molar-refractivity contribution is -0.152. The van der Waals surface area contributed by atoms with Crippen molar-refractivity contribution in [3.05, 3.63) is 40.8 Å². The van der Waals surface area contributed by atoms with Gasteiger partial charge in [0.2, 0.25) is 5.91 Å². The predicted octanol–water partition coefficient (Wildman–Crippen LogP) is 2.19. The van der Waals surface area contributed by atoms with Crippen molar-refractivity contribution in [1.82, 2.24) is 9.80 Å². The number of piperidine rings is 1. The Morgan fingerprint density at radius 1 is 1.19 bits per heavy atom. The van der Waals surface area contributed by atoms with Gasteiger partial charge in [0.25, 0.3) is 11.1 Å². The first-order valence-electron chi connectivity index (χ1n) is 8.30. The van der Waals surface area contributed by atoms with E-state index in [1.54, 1.807) is 6.08 Å². The summed E-state index contributed by atoms with van der Waals surface area (Å²) in [7, 11) is 0. The smallest absolute Gasteiger partial charge is 0.326 e. The number of benzene rings is 1. The topological polar surface area (TPSA) is 95.0 Å². The molecule has 2 fully saturated rings. The first-order valence-corrected chi connectivity index (χ1v) is 9.11. The van der Waals surface area contributed by atoms with Gasteiger partial charge in [0.05, 0.1) is 4.91 Å². The first kappa shape index (κ1) is 18.2. The minimum absolute atomic E-state index is 0.252. The number of hydrogen-bond acceptors (Lipinski definition) is 5. The number of aliphatic carboxylic acids is 1. The molecule has 7 nitrogen and oxygen atoms in total. The molecule has 1 aromatic rings. The van der Waals surface area contributed by atoms with Crippen LogP contribution in [0.1, 0.15) is 24.8 Å². The molecule has 2 aliphatic rings. The van der Waals surface area contributed by atoms with Crippen LogP contribution in [0.2, 0.25) is 0 Å². The highest BCUT2D eigenvalue weighted by Crippen LogP contribution is 2.32. The Kier molecular flexibility index (Phi) is 5.41. The van der Waals surface area contributed by atoms with Crippen LogP contribution in [0.5, 0.6) is 0 Å². The van der Waals surface area contributed by atoms with Gasteiger partial charge in [-0.25, -0.2) is 4.79 Å². The van der Waals surface area contributed by atoms with Crippen LogP contribution in [0, 0.1) is 0 Å². The van der Waals surface area contributed by atoms with Crippen molar-refractivity contribution < 1.29 is 24.3 Å². The van der Waals surface area contributed by atoms with Gasteiger partial charge in [-0.15, -0.1) is 0 Å². The monoisotopic (exact) mass is 374 g/mol. The van der Waals surface area contributed by atoms with E-state index in [2.05, 4.69) is 0 Å². The summed E-state index contributed by atoms with van der Waals surface area (Å²) in [6.07, 6.45) is 3.45. The van der Waals surface area contributed by atoms with Crippen molar-refractivity contribution in [2.45, 2.75) is 25.3 Å². The summed E-state index contributed by atoms with van der Waals surface area (Å²) >= 11 is 0.784. The van der Waals surface area contributed by atoms with E-state index in [1.165, 1.54) is 4.90 Å². The largest absolute Gasteiger partial charge is 0.480 e. The zero-order valence-electron chi connectivity index (χ0n) is 14.0. The molecule has 0 bridgehead atoms. The number of imide groups is 1. The number of carbonyl (C=O) groups excluding carboxylic acids is 3. The molecule has 0 saturated carbocycles. The van der Waals surface area contributed by atoms with Crippen LogP contribution in [-0.2, 0) is 14.4 Å². The molecule has 0 spiro atoms. The summed E-state index contributed by atoms with van der Waals surface area (Å²) in [5.74, 6) is -2.10. The van der Waals surface area contributed by atoms with Crippen LogP contribution in [-0.4, -0.2) is 57.1 Å². The van der Waals surface area contributed by atoms with Gasteiger partial charge in [-0.05, 0) is 42.7 Å². The van der Waals surface area contributed by atoms with Crippen LogP contribution in [0.25, 0.3) is 6.08 Å². The third-order valence-corrected chi connectivity index (χ3v) is 5.28. The summed E-state index contributed by atoms with van der Waals surface area (Å²) < 4.78 is 0. The van der Waals surface area contributed by atoms with Crippen LogP contribution < -0.4 is 0 Å². The van der Waals surface area contributed by atoms with E-state index in [0.29, 0.717) is 19.4 Å². The second-order valence-electron chi connectivity index (χ2n) is 6.12. The highest BCUT2D eigenvalue weighted by Gasteiger charge is 2.39.